The van der Waals surface area contributed by atoms with Crippen molar-refractivity contribution < 1.29 is 17.7 Å². The summed E-state index contributed by atoms with van der Waals surface area (Å²) in [5.41, 5.74) is 5.15. The van der Waals surface area contributed by atoms with E-state index in [0.29, 0.717) is 5.56 Å². The van der Waals surface area contributed by atoms with Gasteiger partial charge in [0.25, 0.3) is 0 Å². The van der Waals surface area contributed by atoms with E-state index in [1.165, 1.54) is 18.2 Å². The van der Waals surface area contributed by atoms with Gasteiger partial charge in [0.15, 0.2) is 0 Å². The molecule has 0 spiro atoms. The van der Waals surface area contributed by atoms with Crippen LogP contribution in [0.25, 0.3) is 11.3 Å². The van der Waals surface area contributed by atoms with E-state index in [0.717, 1.165) is 12.1 Å². The van der Waals surface area contributed by atoms with Gasteiger partial charge in [-0.3, -0.25) is 0 Å². The Kier molecular flexibility index (Phi) is 2.34. The van der Waals surface area contributed by atoms with Crippen LogP contribution in [-0.2, 0) is 6.18 Å². The van der Waals surface area contributed by atoms with Crippen molar-refractivity contribution in [3.63, 3.8) is 0 Å². The van der Waals surface area contributed by atoms with Crippen LogP contribution in [0, 0.1) is 0 Å². The molecule has 0 aliphatic heterocycles. The molecule has 2 rings (SSSR count). The van der Waals surface area contributed by atoms with Crippen molar-refractivity contribution in [2.24, 2.45) is 0 Å². The fraction of sp³-hybridized carbons (Fsp3) is 0.100. The van der Waals surface area contributed by atoms with Crippen molar-refractivity contribution >= 4 is 5.88 Å². The van der Waals surface area contributed by atoms with Gasteiger partial charge in [0, 0.05) is 11.6 Å². The topological polar surface area (TPSA) is 52.0 Å². The molecule has 0 atom stereocenters. The summed E-state index contributed by atoms with van der Waals surface area (Å²) in [6, 6.07) is 6.18. The van der Waals surface area contributed by atoms with Gasteiger partial charge in [0.05, 0.1) is 5.56 Å². The molecule has 2 aromatic rings. The van der Waals surface area contributed by atoms with E-state index in [1.807, 2.05) is 0 Å². The Bertz CT molecular complexity index is 505. The van der Waals surface area contributed by atoms with Crippen LogP contribution < -0.4 is 5.73 Å². The Labute approximate surface area is 88.7 Å². The van der Waals surface area contributed by atoms with Gasteiger partial charge in [0.1, 0.15) is 5.69 Å². The molecule has 16 heavy (non-hydrogen) atoms. The van der Waals surface area contributed by atoms with Crippen LogP contribution >= 0.6 is 0 Å². The van der Waals surface area contributed by atoms with E-state index in [4.69, 9.17) is 5.73 Å². The highest BCUT2D eigenvalue weighted by Crippen LogP contribution is 2.32. The van der Waals surface area contributed by atoms with Crippen LogP contribution in [0.5, 0.6) is 0 Å². The van der Waals surface area contributed by atoms with Crippen LogP contribution in [0.4, 0.5) is 19.1 Å². The summed E-state index contributed by atoms with van der Waals surface area (Å²) >= 11 is 0. The van der Waals surface area contributed by atoms with Gasteiger partial charge in [-0.15, -0.1) is 0 Å². The first kappa shape index (κ1) is 10.5. The molecule has 0 saturated carbocycles. The highest BCUT2D eigenvalue weighted by atomic mass is 19.4. The molecule has 0 fully saturated rings. The van der Waals surface area contributed by atoms with E-state index in [9.17, 15) is 13.2 Å². The predicted molar refractivity (Wildman–Crippen MR) is 51.4 cm³/mol. The molecule has 1 aromatic heterocycles. The van der Waals surface area contributed by atoms with Gasteiger partial charge in [-0.2, -0.15) is 13.2 Å². The van der Waals surface area contributed by atoms with Crippen molar-refractivity contribution in [2.45, 2.75) is 6.18 Å². The van der Waals surface area contributed by atoms with Gasteiger partial charge in [-0.05, 0) is 12.1 Å². The Morgan fingerprint density at radius 2 is 1.94 bits per heavy atom. The second kappa shape index (κ2) is 3.55. The molecule has 1 aromatic carbocycles. The number of halogens is 3. The lowest BCUT2D eigenvalue weighted by Crippen LogP contribution is -2.04. The second-order valence-electron chi connectivity index (χ2n) is 3.19. The molecular weight excluding hydrogens is 221 g/mol. The fourth-order valence-electron chi connectivity index (χ4n) is 1.28. The molecule has 84 valence electrons. The lowest BCUT2D eigenvalue weighted by atomic mass is 10.1. The third-order valence-electron chi connectivity index (χ3n) is 2.01. The summed E-state index contributed by atoms with van der Waals surface area (Å²) in [7, 11) is 0. The Hall–Kier alpha value is -1.98. The Balaban J connectivity index is 2.44. The Morgan fingerprint density at radius 1 is 1.19 bits per heavy atom. The van der Waals surface area contributed by atoms with Crippen molar-refractivity contribution in [1.82, 2.24) is 5.16 Å². The molecule has 2 N–H and O–H groups in total. The quantitative estimate of drug-likeness (QED) is 0.816. The number of nitrogens with zero attached hydrogens (tertiary/aromatic N) is 1. The molecule has 6 heteroatoms. The van der Waals surface area contributed by atoms with Crippen molar-refractivity contribution in [3.05, 3.63) is 35.9 Å². The lowest BCUT2D eigenvalue weighted by molar-refractivity contribution is -0.137. The molecule has 0 amide bonds. The first-order chi connectivity index (χ1) is 7.47. The molecule has 0 bridgehead atoms. The molecule has 0 unspecified atom stereocenters. The third-order valence-corrected chi connectivity index (χ3v) is 2.01. The average Bonchev–Trinajstić information content (AvgIpc) is 2.64. The number of rotatable bonds is 1. The maximum Gasteiger partial charge on any atom is 0.416 e. The molecule has 0 aliphatic rings. The van der Waals surface area contributed by atoms with E-state index in [2.05, 4.69) is 9.68 Å². The van der Waals surface area contributed by atoms with Gasteiger partial charge in [-0.1, -0.05) is 17.3 Å². The number of hydrogen-bond acceptors (Lipinski definition) is 3. The number of benzene rings is 1. The largest absolute Gasteiger partial charge is 0.416 e. The van der Waals surface area contributed by atoms with Crippen LogP contribution in [0.2, 0.25) is 0 Å². The summed E-state index contributed by atoms with van der Waals surface area (Å²) < 4.78 is 41.9. The highest BCUT2D eigenvalue weighted by molar-refractivity contribution is 5.62. The van der Waals surface area contributed by atoms with E-state index >= 15 is 0 Å². The smallest absolute Gasteiger partial charge is 0.368 e. The summed E-state index contributed by atoms with van der Waals surface area (Å²) in [6.07, 6.45) is -4.37. The van der Waals surface area contributed by atoms with Crippen molar-refractivity contribution in [1.29, 1.82) is 0 Å². The monoisotopic (exact) mass is 228 g/mol. The van der Waals surface area contributed by atoms with Crippen molar-refractivity contribution in [2.75, 3.05) is 5.73 Å². The number of nitrogens with two attached hydrogens (primary N) is 1. The van der Waals surface area contributed by atoms with Crippen LogP contribution in [-0.4, -0.2) is 5.16 Å². The fourth-order valence-corrected chi connectivity index (χ4v) is 1.28. The zero-order chi connectivity index (χ0) is 11.8. The van der Waals surface area contributed by atoms with E-state index in [-0.39, 0.29) is 11.6 Å². The van der Waals surface area contributed by atoms with E-state index < -0.39 is 11.7 Å². The maximum absolute atomic E-state index is 12.4. The van der Waals surface area contributed by atoms with Gasteiger partial charge >= 0.3 is 6.18 Å². The SMILES string of the molecule is Nc1cc(-c2cccc(C(F)(F)F)c2)no1. The second-order valence-corrected chi connectivity index (χ2v) is 3.19. The average molecular weight is 228 g/mol. The molecule has 0 radical (unpaired) electrons. The third kappa shape index (κ3) is 2.00. The van der Waals surface area contributed by atoms with Gasteiger partial charge in [0.2, 0.25) is 5.88 Å². The van der Waals surface area contributed by atoms with Gasteiger partial charge < -0.3 is 10.3 Å². The minimum absolute atomic E-state index is 0.0624. The summed E-state index contributed by atoms with van der Waals surface area (Å²) in [5.74, 6) is 0.0624. The summed E-state index contributed by atoms with van der Waals surface area (Å²) in [5, 5.41) is 3.54. The Morgan fingerprint density at radius 3 is 2.50 bits per heavy atom. The zero-order valence-corrected chi connectivity index (χ0v) is 7.95. The molecule has 3 nitrogen and oxygen atoms in total. The lowest BCUT2D eigenvalue weighted by Gasteiger charge is -2.06. The number of alkyl halides is 3. The standard InChI is InChI=1S/C10H7F3N2O/c11-10(12,13)7-3-1-2-6(4-7)8-5-9(14)16-15-8/h1-5H,14H2. The first-order valence-corrected chi connectivity index (χ1v) is 4.36. The zero-order valence-electron chi connectivity index (χ0n) is 7.95. The predicted octanol–water partition coefficient (Wildman–Crippen LogP) is 2.94. The normalized spacial score (nSPS) is 11.7. The minimum Gasteiger partial charge on any atom is -0.368 e. The van der Waals surface area contributed by atoms with Crippen LogP contribution in [0.15, 0.2) is 34.9 Å². The maximum atomic E-state index is 12.4. The number of aromatic nitrogens is 1. The molecule has 0 saturated heterocycles. The molecular formula is C10H7F3N2O. The van der Waals surface area contributed by atoms with Crippen LogP contribution in [0.1, 0.15) is 5.56 Å². The van der Waals surface area contributed by atoms with E-state index in [1.54, 1.807) is 0 Å². The molecule has 0 aliphatic carbocycles. The highest BCUT2D eigenvalue weighted by Gasteiger charge is 2.30. The van der Waals surface area contributed by atoms with Crippen LogP contribution in [0.3, 0.4) is 0 Å². The number of anilines is 1. The number of nitrogen functional groups attached to an aromatic ring is 1. The van der Waals surface area contributed by atoms with Gasteiger partial charge in [-0.25, -0.2) is 0 Å². The number of hydrogen-bond donors (Lipinski definition) is 1. The summed E-state index contributed by atoms with van der Waals surface area (Å²) in [6.45, 7) is 0. The molecule has 1 heterocycles. The van der Waals surface area contributed by atoms with Crippen molar-refractivity contribution in [3.8, 4) is 11.3 Å². The first-order valence-electron chi connectivity index (χ1n) is 4.36. The minimum atomic E-state index is -4.37. The summed E-state index contributed by atoms with van der Waals surface area (Å²) in [4.78, 5) is 0.